The van der Waals surface area contributed by atoms with E-state index in [9.17, 15) is 4.79 Å². The molecule has 0 saturated carbocycles. The SMILES string of the molecule is CCOc1ccc2cc(C(=O)NCCCOC(C)c3ccccc3)[nH]c2c1. The number of amides is 1. The second-order valence-electron chi connectivity index (χ2n) is 6.40. The van der Waals surface area contributed by atoms with Gasteiger partial charge in [-0.15, -0.1) is 0 Å². The number of carbonyl (C=O) groups excluding carboxylic acids is 1. The van der Waals surface area contributed by atoms with E-state index in [1.807, 2.05) is 56.3 Å². The number of fused-ring (bicyclic) bond motifs is 1. The number of ether oxygens (including phenoxy) is 2. The van der Waals surface area contributed by atoms with E-state index in [2.05, 4.69) is 22.4 Å². The number of rotatable bonds is 9. The molecule has 0 saturated heterocycles. The lowest BCUT2D eigenvalue weighted by molar-refractivity contribution is 0.0634. The number of hydrogen-bond acceptors (Lipinski definition) is 3. The molecule has 1 aromatic heterocycles. The van der Waals surface area contributed by atoms with Gasteiger partial charge < -0.3 is 19.8 Å². The van der Waals surface area contributed by atoms with Crippen LogP contribution in [0.4, 0.5) is 0 Å². The second-order valence-corrected chi connectivity index (χ2v) is 6.40. The van der Waals surface area contributed by atoms with E-state index in [1.54, 1.807) is 0 Å². The second kappa shape index (κ2) is 9.24. The van der Waals surface area contributed by atoms with Crippen molar-refractivity contribution in [3.8, 4) is 5.75 Å². The Kier molecular flexibility index (Phi) is 6.49. The van der Waals surface area contributed by atoms with Crippen LogP contribution < -0.4 is 10.1 Å². The summed E-state index contributed by atoms with van der Waals surface area (Å²) in [4.78, 5) is 15.5. The maximum absolute atomic E-state index is 12.3. The van der Waals surface area contributed by atoms with E-state index in [0.29, 0.717) is 25.5 Å². The summed E-state index contributed by atoms with van der Waals surface area (Å²) in [5.74, 6) is 0.684. The fraction of sp³-hybridized carbons (Fsp3) is 0.318. The highest BCUT2D eigenvalue weighted by Gasteiger charge is 2.10. The molecular weight excluding hydrogens is 340 g/mol. The molecule has 5 heteroatoms. The van der Waals surface area contributed by atoms with E-state index in [1.165, 1.54) is 0 Å². The van der Waals surface area contributed by atoms with E-state index in [4.69, 9.17) is 9.47 Å². The first-order chi connectivity index (χ1) is 13.2. The fourth-order valence-electron chi connectivity index (χ4n) is 2.93. The van der Waals surface area contributed by atoms with Crippen LogP contribution in [-0.4, -0.2) is 30.6 Å². The minimum atomic E-state index is -0.111. The summed E-state index contributed by atoms with van der Waals surface area (Å²) in [6.07, 6.45) is 0.813. The van der Waals surface area contributed by atoms with Crippen molar-refractivity contribution in [2.75, 3.05) is 19.8 Å². The highest BCUT2D eigenvalue weighted by atomic mass is 16.5. The first-order valence-corrected chi connectivity index (χ1v) is 9.37. The Balaban J connectivity index is 1.44. The van der Waals surface area contributed by atoms with Gasteiger partial charge in [0.25, 0.3) is 5.91 Å². The van der Waals surface area contributed by atoms with Gasteiger partial charge >= 0.3 is 0 Å². The number of carbonyl (C=O) groups is 1. The molecular formula is C22H26N2O3. The topological polar surface area (TPSA) is 63.4 Å². The number of benzene rings is 2. The number of nitrogens with one attached hydrogen (secondary N) is 2. The van der Waals surface area contributed by atoms with Crippen molar-refractivity contribution in [2.45, 2.75) is 26.4 Å². The van der Waals surface area contributed by atoms with Crippen LogP contribution in [0.5, 0.6) is 5.75 Å². The van der Waals surface area contributed by atoms with Gasteiger partial charge in [-0.1, -0.05) is 30.3 Å². The largest absolute Gasteiger partial charge is 0.494 e. The van der Waals surface area contributed by atoms with Gasteiger partial charge in [-0.3, -0.25) is 4.79 Å². The molecule has 1 atom stereocenters. The lowest BCUT2D eigenvalue weighted by Crippen LogP contribution is -2.25. The van der Waals surface area contributed by atoms with Gasteiger partial charge in [-0.25, -0.2) is 0 Å². The molecule has 0 bridgehead atoms. The van der Waals surface area contributed by atoms with Gasteiger partial charge in [0, 0.05) is 30.1 Å². The lowest BCUT2D eigenvalue weighted by atomic mass is 10.1. The molecule has 0 aliphatic carbocycles. The van der Waals surface area contributed by atoms with Gasteiger partial charge in [0.1, 0.15) is 11.4 Å². The number of aromatic nitrogens is 1. The zero-order valence-corrected chi connectivity index (χ0v) is 15.8. The fourth-order valence-corrected chi connectivity index (χ4v) is 2.93. The molecule has 142 valence electrons. The summed E-state index contributed by atoms with van der Waals surface area (Å²) in [5, 5.41) is 3.92. The van der Waals surface area contributed by atoms with Crippen molar-refractivity contribution in [1.29, 1.82) is 0 Å². The van der Waals surface area contributed by atoms with Crippen molar-refractivity contribution < 1.29 is 14.3 Å². The zero-order chi connectivity index (χ0) is 19.1. The van der Waals surface area contributed by atoms with Gasteiger partial charge in [-0.2, -0.15) is 0 Å². The van der Waals surface area contributed by atoms with Crippen LogP contribution in [-0.2, 0) is 4.74 Å². The molecule has 3 aromatic rings. The molecule has 27 heavy (non-hydrogen) atoms. The monoisotopic (exact) mass is 366 g/mol. The van der Waals surface area contributed by atoms with E-state index in [0.717, 1.165) is 28.6 Å². The lowest BCUT2D eigenvalue weighted by Gasteiger charge is -2.13. The normalized spacial score (nSPS) is 12.1. The Bertz CT molecular complexity index is 874. The van der Waals surface area contributed by atoms with Crippen molar-refractivity contribution in [3.05, 3.63) is 65.9 Å². The molecule has 1 heterocycles. The summed E-state index contributed by atoms with van der Waals surface area (Å²) in [6, 6.07) is 17.7. The molecule has 0 radical (unpaired) electrons. The van der Waals surface area contributed by atoms with Crippen molar-refractivity contribution >= 4 is 16.8 Å². The summed E-state index contributed by atoms with van der Waals surface area (Å²) in [7, 11) is 0. The number of hydrogen-bond donors (Lipinski definition) is 2. The number of aromatic amines is 1. The Morgan fingerprint density at radius 1 is 1.15 bits per heavy atom. The van der Waals surface area contributed by atoms with Crippen molar-refractivity contribution in [1.82, 2.24) is 10.3 Å². The molecule has 0 spiro atoms. The maximum Gasteiger partial charge on any atom is 0.267 e. The van der Waals surface area contributed by atoms with Crippen LogP contribution in [0.25, 0.3) is 10.9 Å². The average molecular weight is 366 g/mol. The molecule has 2 aromatic carbocycles. The Morgan fingerprint density at radius 2 is 1.96 bits per heavy atom. The van der Waals surface area contributed by atoms with Crippen molar-refractivity contribution in [2.24, 2.45) is 0 Å². The first kappa shape index (κ1) is 19.0. The average Bonchev–Trinajstić information content (AvgIpc) is 3.12. The zero-order valence-electron chi connectivity index (χ0n) is 15.8. The molecule has 0 aliphatic heterocycles. The van der Waals surface area contributed by atoms with Crippen LogP contribution in [0.3, 0.4) is 0 Å². The minimum absolute atomic E-state index is 0.0511. The summed E-state index contributed by atoms with van der Waals surface area (Å²) in [6.45, 7) is 5.77. The molecule has 2 N–H and O–H groups in total. The van der Waals surface area contributed by atoms with Crippen molar-refractivity contribution in [3.63, 3.8) is 0 Å². The van der Waals surface area contributed by atoms with Crippen LogP contribution in [0.15, 0.2) is 54.6 Å². The van der Waals surface area contributed by atoms with Gasteiger partial charge in [-0.05, 0) is 44.0 Å². The summed E-state index contributed by atoms with van der Waals surface area (Å²) < 4.78 is 11.3. The van der Waals surface area contributed by atoms with Gasteiger partial charge in [0.2, 0.25) is 0 Å². The maximum atomic E-state index is 12.3. The third-order valence-corrected chi connectivity index (χ3v) is 4.39. The van der Waals surface area contributed by atoms with E-state index in [-0.39, 0.29) is 12.0 Å². The highest BCUT2D eigenvalue weighted by Crippen LogP contribution is 2.21. The Morgan fingerprint density at radius 3 is 2.74 bits per heavy atom. The first-order valence-electron chi connectivity index (χ1n) is 9.37. The summed E-state index contributed by atoms with van der Waals surface area (Å²) in [5.41, 5.74) is 2.61. The predicted octanol–water partition coefficient (Wildman–Crippen LogP) is 4.46. The van der Waals surface area contributed by atoms with Gasteiger partial charge in [0.05, 0.1) is 12.7 Å². The smallest absolute Gasteiger partial charge is 0.267 e. The molecule has 0 fully saturated rings. The minimum Gasteiger partial charge on any atom is -0.494 e. The molecule has 1 unspecified atom stereocenters. The summed E-state index contributed by atoms with van der Waals surface area (Å²) >= 11 is 0. The molecule has 0 aliphatic rings. The molecule has 3 rings (SSSR count). The van der Waals surface area contributed by atoms with E-state index < -0.39 is 0 Å². The van der Waals surface area contributed by atoms with Crippen LogP contribution in [0.1, 0.15) is 42.4 Å². The quantitative estimate of drug-likeness (QED) is 0.550. The number of H-pyrrole nitrogens is 1. The highest BCUT2D eigenvalue weighted by molar-refractivity contribution is 5.98. The van der Waals surface area contributed by atoms with Crippen LogP contribution in [0.2, 0.25) is 0 Å². The van der Waals surface area contributed by atoms with Crippen LogP contribution in [0, 0.1) is 0 Å². The standard InChI is InChI=1S/C22H26N2O3/c1-3-26-19-11-10-18-14-21(24-20(18)15-19)22(25)23-12-7-13-27-16(2)17-8-5-4-6-9-17/h4-6,8-11,14-16,24H,3,7,12-13H2,1-2H3,(H,23,25). The molecule has 5 nitrogen and oxygen atoms in total. The third kappa shape index (κ3) is 5.11. The molecule has 1 amide bonds. The van der Waals surface area contributed by atoms with Crippen LogP contribution >= 0.6 is 0 Å². The Labute approximate surface area is 159 Å². The van der Waals surface area contributed by atoms with Gasteiger partial charge in [0.15, 0.2) is 0 Å². The third-order valence-electron chi connectivity index (χ3n) is 4.39. The predicted molar refractivity (Wildman–Crippen MR) is 107 cm³/mol. The van der Waals surface area contributed by atoms with E-state index >= 15 is 0 Å². The Hall–Kier alpha value is -2.79.